The van der Waals surface area contributed by atoms with Crippen LogP contribution in [0.15, 0.2) is 24.3 Å². The van der Waals surface area contributed by atoms with E-state index in [1.54, 1.807) is 0 Å². The number of aryl methyl sites for hydroxylation is 1. The topological polar surface area (TPSA) is 83.9 Å². The Hall–Kier alpha value is -2.84. The first-order valence-electron chi connectivity index (χ1n) is 10.1. The van der Waals surface area contributed by atoms with Gasteiger partial charge >= 0.3 is 0 Å². The van der Waals surface area contributed by atoms with Crippen LogP contribution in [0.25, 0.3) is 5.65 Å². The summed E-state index contributed by atoms with van der Waals surface area (Å²) in [6.45, 7) is 7.07. The molecule has 2 aromatic heterocycles. The summed E-state index contributed by atoms with van der Waals surface area (Å²) in [6, 6.07) is 8.37. The van der Waals surface area contributed by atoms with Gasteiger partial charge in [-0.1, -0.05) is 12.1 Å². The average Bonchev–Trinajstić information content (AvgIpc) is 3.04. The minimum atomic E-state index is 0.634. The minimum Gasteiger partial charge on any atom is -0.396 e. The molecule has 5 rings (SSSR count). The molecule has 1 saturated heterocycles. The fraction of sp³-hybridized carbons (Fsp3) is 0.429. The number of likely N-dealkylation sites (N-methyl/N-ethyl adjacent to an activating group) is 1. The molecule has 3 N–H and O–H groups in total. The van der Waals surface area contributed by atoms with Gasteiger partial charge in [-0.2, -0.15) is 4.52 Å². The molecule has 0 unspecified atom stereocenters. The third kappa shape index (κ3) is 3.28. The standard InChI is InChI=1S/C21H27N7O/c1-14-20(24-18-5-3-4-15-13-26(2)7-6-16(15)18)28-21(23-14)17(22)12-19(25-28)27-8-10-29-11-9-27/h3-5,12,24H,6-11,13,22H2,1-2H3. The van der Waals surface area contributed by atoms with Gasteiger partial charge in [0.15, 0.2) is 17.3 Å². The van der Waals surface area contributed by atoms with E-state index >= 15 is 0 Å². The Balaban J connectivity index is 1.56. The molecule has 8 nitrogen and oxygen atoms in total. The fourth-order valence-corrected chi connectivity index (χ4v) is 4.22. The average molecular weight is 393 g/mol. The van der Waals surface area contributed by atoms with E-state index in [9.17, 15) is 0 Å². The number of anilines is 4. The Bertz CT molecular complexity index is 1050. The molecule has 1 fully saturated rings. The summed E-state index contributed by atoms with van der Waals surface area (Å²) in [5.74, 6) is 1.73. The number of hydrogen-bond donors (Lipinski definition) is 2. The number of benzene rings is 1. The van der Waals surface area contributed by atoms with Crippen molar-refractivity contribution in [2.45, 2.75) is 19.9 Å². The van der Waals surface area contributed by atoms with Crippen LogP contribution in [0.1, 0.15) is 16.8 Å². The molecule has 0 atom stereocenters. The second-order valence-corrected chi connectivity index (χ2v) is 7.89. The first-order valence-corrected chi connectivity index (χ1v) is 10.1. The molecule has 0 bridgehead atoms. The van der Waals surface area contributed by atoms with Crippen LogP contribution in [0.4, 0.5) is 23.0 Å². The molecule has 0 saturated carbocycles. The van der Waals surface area contributed by atoms with E-state index in [2.05, 4.69) is 45.3 Å². The number of morpholine rings is 1. The molecule has 0 amide bonds. The molecule has 152 valence electrons. The summed E-state index contributed by atoms with van der Waals surface area (Å²) >= 11 is 0. The third-order valence-corrected chi connectivity index (χ3v) is 5.82. The van der Waals surface area contributed by atoms with Crippen molar-refractivity contribution in [1.29, 1.82) is 0 Å². The summed E-state index contributed by atoms with van der Waals surface area (Å²) in [4.78, 5) is 9.24. The molecule has 0 radical (unpaired) electrons. The first-order chi connectivity index (χ1) is 14.1. The quantitative estimate of drug-likeness (QED) is 0.706. The SMILES string of the molecule is Cc1nc2c(N)cc(N3CCOCC3)nn2c1Nc1cccc2c1CCN(C)C2. The number of nitrogens with two attached hydrogens (primary N) is 1. The normalized spacial score (nSPS) is 17.5. The van der Waals surface area contributed by atoms with Gasteiger partial charge in [-0.3, -0.25) is 0 Å². The van der Waals surface area contributed by atoms with Crippen molar-refractivity contribution in [3.63, 3.8) is 0 Å². The number of aromatic nitrogens is 3. The highest BCUT2D eigenvalue weighted by Crippen LogP contribution is 2.31. The lowest BCUT2D eigenvalue weighted by Crippen LogP contribution is -2.37. The van der Waals surface area contributed by atoms with Gasteiger partial charge < -0.3 is 25.6 Å². The summed E-state index contributed by atoms with van der Waals surface area (Å²) in [7, 11) is 2.16. The second kappa shape index (κ2) is 7.20. The van der Waals surface area contributed by atoms with Gasteiger partial charge in [0.2, 0.25) is 0 Å². The van der Waals surface area contributed by atoms with Crippen LogP contribution >= 0.6 is 0 Å². The van der Waals surface area contributed by atoms with Crippen LogP contribution in [-0.4, -0.2) is 59.4 Å². The van der Waals surface area contributed by atoms with Crippen molar-refractivity contribution in [2.75, 3.05) is 55.8 Å². The van der Waals surface area contributed by atoms with E-state index < -0.39 is 0 Å². The number of nitrogens with one attached hydrogen (secondary N) is 1. The monoisotopic (exact) mass is 393 g/mol. The maximum atomic E-state index is 6.35. The predicted octanol–water partition coefficient (Wildman–Crippen LogP) is 2.19. The van der Waals surface area contributed by atoms with Crippen LogP contribution in [0.5, 0.6) is 0 Å². The van der Waals surface area contributed by atoms with Gasteiger partial charge in [-0.05, 0) is 37.6 Å². The Labute approximate surface area is 170 Å². The summed E-state index contributed by atoms with van der Waals surface area (Å²) in [5, 5.41) is 8.49. The van der Waals surface area contributed by atoms with Gasteiger partial charge in [0.1, 0.15) is 0 Å². The van der Waals surface area contributed by atoms with Crippen LogP contribution in [0.2, 0.25) is 0 Å². The fourth-order valence-electron chi connectivity index (χ4n) is 4.22. The molecule has 2 aliphatic rings. The maximum absolute atomic E-state index is 6.35. The van der Waals surface area contributed by atoms with Crippen LogP contribution in [0, 0.1) is 6.92 Å². The highest BCUT2D eigenvalue weighted by molar-refractivity contribution is 5.74. The lowest BCUT2D eigenvalue weighted by atomic mass is 9.98. The molecule has 0 spiro atoms. The van der Waals surface area contributed by atoms with E-state index in [0.717, 1.165) is 55.6 Å². The number of fused-ring (bicyclic) bond motifs is 2. The number of nitrogen functional groups attached to an aromatic ring is 1. The molecular formula is C21H27N7O. The van der Waals surface area contributed by atoms with Gasteiger partial charge in [0.25, 0.3) is 0 Å². The van der Waals surface area contributed by atoms with Gasteiger partial charge in [-0.15, -0.1) is 5.10 Å². The molecular weight excluding hydrogens is 366 g/mol. The van der Waals surface area contributed by atoms with Crippen molar-refractivity contribution in [1.82, 2.24) is 19.5 Å². The first kappa shape index (κ1) is 18.2. The maximum Gasteiger partial charge on any atom is 0.179 e. The molecule has 0 aliphatic carbocycles. The number of imidazole rings is 1. The van der Waals surface area contributed by atoms with Crippen molar-refractivity contribution in [3.05, 3.63) is 41.1 Å². The van der Waals surface area contributed by atoms with E-state index in [4.69, 9.17) is 15.6 Å². The molecule has 3 aromatic rings. The lowest BCUT2D eigenvalue weighted by Gasteiger charge is -2.28. The number of hydrogen-bond acceptors (Lipinski definition) is 7. The van der Waals surface area contributed by atoms with Gasteiger partial charge in [0, 0.05) is 37.9 Å². The van der Waals surface area contributed by atoms with Gasteiger partial charge in [-0.25, -0.2) is 4.98 Å². The Morgan fingerprint density at radius 2 is 2.00 bits per heavy atom. The zero-order valence-electron chi connectivity index (χ0n) is 17.0. The van der Waals surface area contributed by atoms with Crippen molar-refractivity contribution < 1.29 is 4.74 Å². The second-order valence-electron chi connectivity index (χ2n) is 7.89. The largest absolute Gasteiger partial charge is 0.396 e. The van der Waals surface area contributed by atoms with E-state index in [-0.39, 0.29) is 0 Å². The van der Waals surface area contributed by atoms with Crippen LogP contribution in [-0.2, 0) is 17.7 Å². The van der Waals surface area contributed by atoms with Gasteiger partial charge in [0.05, 0.1) is 24.6 Å². The van der Waals surface area contributed by atoms with E-state index in [1.165, 1.54) is 11.1 Å². The predicted molar refractivity (Wildman–Crippen MR) is 115 cm³/mol. The Morgan fingerprint density at radius 1 is 1.17 bits per heavy atom. The molecule has 1 aromatic carbocycles. The van der Waals surface area contributed by atoms with E-state index in [1.807, 2.05) is 17.5 Å². The summed E-state index contributed by atoms with van der Waals surface area (Å²) < 4.78 is 7.32. The van der Waals surface area contributed by atoms with Crippen LogP contribution < -0.4 is 16.0 Å². The Morgan fingerprint density at radius 3 is 2.83 bits per heavy atom. The third-order valence-electron chi connectivity index (χ3n) is 5.82. The number of rotatable bonds is 3. The Kier molecular flexibility index (Phi) is 4.52. The zero-order valence-corrected chi connectivity index (χ0v) is 17.0. The molecule has 8 heteroatoms. The van der Waals surface area contributed by atoms with Crippen molar-refractivity contribution >= 4 is 28.7 Å². The number of ether oxygens (including phenoxy) is 1. The molecule has 2 aliphatic heterocycles. The molecule has 29 heavy (non-hydrogen) atoms. The minimum absolute atomic E-state index is 0.634. The number of nitrogens with zero attached hydrogens (tertiary/aromatic N) is 5. The van der Waals surface area contributed by atoms with E-state index in [0.29, 0.717) is 24.5 Å². The zero-order chi connectivity index (χ0) is 20.0. The smallest absolute Gasteiger partial charge is 0.179 e. The van der Waals surface area contributed by atoms with Crippen molar-refractivity contribution in [3.8, 4) is 0 Å². The highest BCUT2D eigenvalue weighted by Gasteiger charge is 2.21. The summed E-state index contributed by atoms with van der Waals surface area (Å²) in [6.07, 6.45) is 1.03. The lowest BCUT2D eigenvalue weighted by molar-refractivity contribution is 0.122. The van der Waals surface area contributed by atoms with Crippen molar-refractivity contribution in [2.24, 2.45) is 0 Å². The summed E-state index contributed by atoms with van der Waals surface area (Å²) in [5.41, 5.74) is 12.4. The molecule has 4 heterocycles. The van der Waals surface area contributed by atoms with Crippen LogP contribution in [0.3, 0.4) is 0 Å². The highest BCUT2D eigenvalue weighted by atomic mass is 16.5.